The molecule has 0 atom stereocenters. The van der Waals surface area contributed by atoms with Crippen LogP contribution in [0, 0.1) is 0 Å². The highest BCUT2D eigenvalue weighted by Crippen LogP contribution is 2.29. The lowest BCUT2D eigenvalue weighted by Gasteiger charge is -2.09. The van der Waals surface area contributed by atoms with Crippen molar-refractivity contribution >= 4 is 45.5 Å². The van der Waals surface area contributed by atoms with E-state index in [4.69, 9.17) is 4.74 Å². The van der Waals surface area contributed by atoms with Crippen molar-refractivity contribution in [1.29, 1.82) is 0 Å². The molecule has 1 aliphatic heterocycles. The average Bonchev–Trinajstić information content (AvgIpc) is 3.05. The van der Waals surface area contributed by atoms with Crippen molar-refractivity contribution in [2.45, 2.75) is 0 Å². The average molecular weight is 391 g/mol. The first kappa shape index (κ1) is 18.1. The quantitative estimate of drug-likeness (QED) is 0.730. The van der Waals surface area contributed by atoms with E-state index in [1.165, 1.54) is 0 Å². The van der Waals surface area contributed by atoms with Crippen LogP contribution in [0.15, 0.2) is 69.3 Å². The summed E-state index contributed by atoms with van der Waals surface area (Å²) in [6, 6.07) is 16.7. The van der Waals surface area contributed by atoms with E-state index in [1.54, 1.807) is 24.8 Å². The molecule has 1 aliphatic rings. The van der Waals surface area contributed by atoms with Gasteiger partial charge in [0.15, 0.2) is 0 Å². The van der Waals surface area contributed by atoms with Gasteiger partial charge in [-0.25, -0.2) is 4.99 Å². The highest BCUT2D eigenvalue weighted by Gasteiger charge is 2.24. The molecular formula is C21H17N3O3S. The van der Waals surface area contributed by atoms with Crippen LogP contribution in [0.5, 0.6) is 5.75 Å². The van der Waals surface area contributed by atoms with Gasteiger partial charge in [0.25, 0.3) is 10.8 Å². The van der Waals surface area contributed by atoms with Gasteiger partial charge in [-0.2, -0.15) is 0 Å². The predicted molar refractivity (Wildman–Crippen MR) is 113 cm³/mol. The number of benzene rings is 2. The Morgan fingerprint density at radius 3 is 2.64 bits per heavy atom. The molecule has 2 aromatic carbocycles. The number of aryl methyl sites for hydroxylation is 1. The van der Waals surface area contributed by atoms with Crippen LogP contribution in [0.2, 0.25) is 0 Å². The van der Waals surface area contributed by atoms with Crippen LogP contribution < -0.4 is 15.6 Å². The number of ether oxygens (including phenoxy) is 1. The molecule has 0 radical (unpaired) electrons. The van der Waals surface area contributed by atoms with Gasteiger partial charge in [-0.3, -0.25) is 9.59 Å². The van der Waals surface area contributed by atoms with E-state index in [-0.39, 0.29) is 10.8 Å². The van der Waals surface area contributed by atoms with E-state index in [0.29, 0.717) is 22.1 Å². The number of nitrogens with one attached hydrogen (secondary N) is 1. The highest BCUT2D eigenvalue weighted by atomic mass is 32.2. The summed E-state index contributed by atoms with van der Waals surface area (Å²) in [4.78, 5) is 29.9. The maximum Gasteiger partial charge on any atom is 0.289 e. The number of nitrogens with zero attached hydrogens (tertiary/aromatic N) is 2. The monoisotopic (exact) mass is 391 g/mol. The number of thioether (sulfide) groups is 1. The van der Waals surface area contributed by atoms with Gasteiger partial charge in [0.1, 0.15) is 11.6 Å². The summed E-state index contributed by atoms with van der Waals surface area (Å²) in [5.41, 5.74) is 1.83. The Labute approximate surface area is 165 Å². The molecule has 0 aliphatic carbocycles. The van der Waals surface area contributed by atoms with Gasteiger partial charge >= 0.3 is 0 Å². The number of amides is 1. The Bertz CT molecular complexity index is 1200. The molecular weight excluding hydrogens is 374 g/mol. The van der Waals surface area contributed by atoms with Crippen molar-refractivity contribution in [2.75, 3.05) is 7.11 Å². The van der Waals surface area contributed by atoms with Gasteiger partial charge in [-0.1, -0.05) is 18.2 Å². The topological polar surface area (TPSA) is 72.7 Å². The van der Waals surface area contributed by atoms with E-state index >= 15 is 0 Å². The Morgan fingerprint density at radius 2 is 1.89 bits per heavy atom. The van der Waals surface area contributed by atoms with Gasteiger partial charge in [-0.15, -0.1) is 0 Å². The summed E-state index contributed by atoms with van der Waals surface area (Å²) >= 11 is 1.03. The molecule has 2 heterocycles. The van der Waals surface area contributed by atoms with Gasteiger partial charge in [0.2, 0.25) is 0 Å². The fourth-order valence-corrected chi connectivity index (χ4v) is 3.71. The maximum absolute atomic E-state index is 12.8. The molecule has 1 saturated heterocycles. The Hall–Kier alpha value is -3.32. The lowest BCUT2D eigenvalue weighted by molar-refractivity contribution is 0.265. The normalized spacial score (nSPS) is 16.7. The van der Waals surface area contributed by atoms with E-state index in [1.807, 2.05) is 54.6 Å². The minimum atomic E-state index is -0.219. The van der Waals surface area contributed by atoms with Gasteiger partial charge in [0, 0.05) is 18.7 Å². The van der Waals surface area contributed by atoms with Crippen LogP contribution in [0.25, 0.3) is 17.0 Å². The number of para-hydroxylation sites is 1. The fraction of sp³-hybridized carbons (Fsp3) is 0.0952. The summed E-state index contributed by atoms with van der Waals surface area (Å²) in [6.45, 7) is 0. The standard InChI is InChI=1S/C21H17N3O3S/c1-24-17-12-16(27-2)9-8-13(17)10-14(20(24)25)11-18-19(23-21(26)28-18)22-15-6-4-3-5-7-15/h3-12H,1-2H3,(H,22,23,26)/b18-11-. The second kappa shape index (κ2) is 7.36. The SMILES string of the molecule is COc1ccc2cc(/C=C3\SC(=O)NC3=Nc3ccccc3)c(=O)n(C)c2c1. The summed E-state index contributed by atoms with van der Waals surface area (Å²) in [5.74, 6) is 1.13. The molecule has 1 fully saturated rings. The molecule has 0 saturated carbocycles. The van der Waals surface area contributed by atoms with E-state index in [9.17, 15) is 9.59 Å². The van der Waals surface area contributed by atoms with Crippen molar-refractivity contribution in [3.8, 4) is 5.75 Å². The summed E-state index contributed by atoms with van der Waals surface area (Å²) in [6.07, 6.45) is 1.70. The van der Waals surface area contributed by atoms with Crippen molar-refractivity contribution < 1.29 is 9.53 Å². The first-order chi connectivity index (χ1) is 13.5. The van der Waals surface area contributed by atoms with E-state index in [0.717, 1.165) is 28.4 Å². The maximum atomic E-state index is 12.8. The minimum absolute atomic E-state index is 0.160. The molecule has 1 N–H and O–H groups in total. The van der Waals surface area contributed by atoms with Crippen LogP contribution in [-0.4, -0.2) is 22.8 Å². The molecule has 0 unspecified atom stereocenters. The number of hydrogen-bond acceptors (Lipinski definition) is 5. The third kappa shape index (κ3) is 3.44. The van der Waals surface area contributed by atoms with Gasteiger partial charge in [0.05, 0.1) is 23.2 Å². The summed E-state index contributed by atoms with van der Waals surface area (Å²) in [7, 11) is 3.31. The number of amidine groups is 1. The lowest BCUT2D eigenvalue weighted by Crippen LogP contribution is -2.20. The zero-order chi connectivity index (χ0) is 19.7. The number of aliphatic imine (C=N–C) groups is 1. The molecule has 3 aromatic rings. The number of fused-ring (bicyclic) bond motifs is 1. The third-order valence-corrected chi connectivity index (χ3v) is 5.22. The number of carbonyl (C=O) groups is 1. The molecule has 1 amide bonds. The number of pyridine rings is 1. The minimum Gasteiger partial charge on any atom is -0.497 e. The zero-order valence-electron chi connectivity index (χ0n) is 15.3. The fourth-order valence-electron chi connectivity index (χ4n) is 2.98. The third-order valence-electron chi connectivity index (χ3n) is 4.40. The largest absolute Gasteiger partial charge is 0.497 e. The summed E-state index contributed by atoms with van der Waals surface area (Å²) in [5, 5.41) is 3.42. The van der Waals surface area contributed by atoms with Crippen molar-refractivity contribution in [1.82, 2.24) is 9.88 Å². The summed E-state index contributed by atoms with van der Waals surface area (Å²) < 4.78 is 6.82. The van der Waals surface area contributed by atoms with Crippen LogP contribution >= 0.6 is 11.8 Å². The first-order valence-electron chi connectivity index (χ1n) is 8.57. The Balaban J connectivity index is 1.82. The molecule has 6 nitrogen and oxygen atoms in total. The van der Waals surface area contributed by atoms with Crippen molar-refractivity contribution in [3.63, 3.8) is 0 Å². The molecule has 0 bridgehead atoms. The Morgan fingerprint density at radius 1 is 1.11 bits per heavy atom. The first-order valence-corrected chi connectivity index (χ1v) is 9.39. The number of rotatable bonds is 3. The van der Waals surface area contributed by atoms with E-state index < -0.39 is 0 Å². The Kier molecular flexibility index (Phi) is 4.75. The van der Waals surface area contributed by atoms with Gasteiger partial charge in [-0.05, 0) is 53.6 Å². The van der Waals surface area contributed by atoms with Crippen molar-refractivity contribution in [3.05, 3.63) is 75.4 Å². The van der Waals surface area contributed by atoms with E-state index in [2.05, 4.69) is 10.3 Å². The molecule has 7 heteroatoms. The van der Waals surface area contributed by atoms with Crippen molar-refractivity contribution in [2.24, 2.45) is 12.0 Å². The smallest absolute Gasteiger partial charge is 0.289 e. The molecule has 1 aromatic heterocycles. The zero-order valence-corrected chi connectivity index (χ0v) is 16.1. The number of methoxy groups -OCH3 is 1. The predicted octanol–water partition coefficient (Wildman–Crippen LogP) is 4.07. The van der Waals surface area contributed by atoms with Crippen LogP contribution in [0.1, 0.15) is 5.56 Å². The molecule has 4 rings (SSSR count). The molecule has 0 spiro atoms. The highest BCUT2D eigenvalue weighted by molar-refractivity contribution is 8.18. The van der Waals surface area contributed by atoms with Crippen LogP contribution in [0.3, 0.4) is 0 Å². The number of hydrogen-bond donors (Lipinski definition) is 1. The second-order valence-electron chi connectivity index (χ2n) is 6.21. The van der Waals surface area contributed by atoms with Crippen LogP contribution in [-0.2, 0) is 7.05 Å². The second-order valence-corrected chi connectivity index (χ2v) is 7.22. The number of carbonyl (C=O) groups excluding carboxylic acids is 1. The van der Waals surface area contributed by atoms with Crippen LogP contribution in [0.4, 0.5) is 10.5 Å². The molecule has 28 heavy (non-hydrogen) atoms. The number of aromatic nitrogens is 1. The lowest BCUT2D eigenvalue weighted by atomic mass is 10.1. The van der Waals surface area contributed by atoms with Gasteiger partial charge < -0.3 is 14.6 Å². The molecule has 140 valence electrons.